The maximum atomic E-state index is 12.6. The molecule has 0 spiro atoms. The van der Waals surface area contributed by atoms with Crippen molar-refractivity contribution >= 4 is 24.0 Å². The standard InChI is InChI=1S/C28H26ClF3N2O2.ClH/c1-18-25(27(35)26(29)19(2)33-18)23-7-5-20(6-8-23)4-3-15-34-16-13-22(14-17-34)21-9-11-24(12-10-21)36-28(30,31)32;/h5-12,22H,13-17H2,1-2H3,(H,33,35);1H. The van der Waals surface area contributed by atoms with Gasteiger partial charge in [0.2, 0.25) is 5.43 Å². The van der Waals surface area contributed by atoms with E-state index in [1.54, 1.807) is 19.1 Å². The molecule has 4 rings (SSSR count). The summed E-state index contributed by atoms with van der Waals surface area (Å²) in [5.74, 6) is 6.51. The van der Waals surface area contributed by atoms with Gasteiger partial charge >= 0.3 is 6.36 Å². The van der Waals surface area contributed by atoms with Crippen LogP contribution in [0.2, 0.25) is 5.02 Å². The minimum atomic E-state index is -4.68. The van der Waals surface area contributed by atoms with Gasteiger partial charge in [0.05, 0.1) is 6.54 Å². The Morgan fingerprint density at radius 2 is 1.65 bits per heavy atom. The number of nitrogens with one attached hydrogen (secondary N) is 1. The van der Waals surface area contributed by atoms with E-state index in [2.05, 4.69) is 26.5 Å². The van der Waals surface area contributed by atoms with E-state index in [0.717, 1.165) is 48.3 Å². The molecule has 0 radical (unpaired) electrons. The molecule has 0 atom stereocenters. The van der Waals surface area contributed by atoms with Crippen LogP contribution in [-0.4, -0.2) is 35.9 Å². The van der Waals surface area contributed by atoms with Gasteiger partial charge in [-0.2, -0.15) is 0 Å². The lowest BCUT2D eigenvalue weighted by molar-refractivity contribution is -0.274. The second-order valence-electron chi connectivity index (χ2n) is 8.94. The van der Waals surface area contributed by atoms with Gasteiger partial charge in [-0.25, -0.2) is 0 Å². The summed E-state index contributed by atoms with van der Waals surface area (Å²) in [6, 6.07) is 13.7. The Labute approximate surface area is 225 Å². The number of alkyl halides is 3. The van der Waals surface area contributed by atoms with Crippen molar-refractivity contribution in [2.75, 3.05) is 19.6 Å². The zero-order valence-electron chi connectivity index (χ0n) is 20.4. The first-order valence-corrected chi connectivity index (χ1v) is 12.0. The number of aromatic nitrogens is 1. The summed E-state index contributed by atoms with van der Waals surface area (Å²) in [7, 11) is 0. The quantitative estimate of drug-likeness (QED) is 0.361. The predicted molar refractivity (Wildman–Crippen MR) is 143 cm³/mol. The Kier molecular flexibility index (Phi) is 9.36. The molecule has 0 aliphatic carbocycles. The number of benzene rings is 2. The topological polar surface area (TPSA) is 45.3 Å². The molecule has 1 aliphatic rings. The molecule has 4 nitrogen and oxygen atoms in total. The number of rotatable bonds is 4. The van der Waals surface area contributed by atoms with Gasteiger partial charge in [0.15, 0.2) is 0 Å². The number of likely N-dealkylation sites (tertiary alicyclic amines) is 1. The molecule has 2 heterocycles. The van der Waals surface area contributed by atoms with Crippen LogP contribution in [0.15, 0.2) is 53.3 Å². The molecule has 9 heteroatoms. The summed E-state index contributed by atoms with van der Waals surface area (Å²) in [5.41, 5.74) is 4.49. The maximum Gasteiger partial charge on any atom is 0.573 e. The number of hydrogen-bond acceptors (Lipinski definition) is 3. The zero-order valence-corrected chi connectivity index (χ0v) is 22.0. The van der Waals surface area contributed by atoms with Gasteiger partial charge < -0.3 is 9.72 Å². The number of H-pyrrole nitrogens is 1. The average Bonchev–Trinajstić information content (AvgIpc) is 2.84. The number of halogens is 5. The third-order valence-electron chi connectivity index (χ3n) is 6.39. The Balaban J connectivity index is 0.00000380. The average molecular weight is 551 g/mol. The van der Waals surface area contributed by atoms with E-state index in [1.807, 2.05) is 31.2 Å². The van der Waals surface area contributed by atoms with E-state index in [-0.39, 0.29) is 28.6 Å². The fourth-order valence-electron chi connectivity index (χ4n) is 4.54. The summed E-state index contributed by atoms with van der Waals surface area (Å²) in [4.78, 5) is 18.0. The molecule has 196 valence electrons. The lowest BCUT2D eigenvalue weighted by Gasteiger charge is -2.30. The molecule has 1 aliphatic heterocycles. The molecule has 0 unspecified atom stereocenters. The highest BCUT2D eigenvalue weighted by molar-refractivity contribution is 6.31. The van der Waals surface area contributed by atoms with E-state index in [4.69, 9.17) is 11.6 Å². The van der Waals surface area contributed by atoms with Crippen LogP contribution in [0.3, 0.4) is 0 Å². The zero-order chi connectivity index (χ0) is 25.9. The molecule has 1 fully saturated rings. The highest BCUT2D eigenvalue weighted by Crippen LogP contribution is 2.30. The van der Waals surface area contributed by atoms with Gasteiger partial charge in [-0.15, -0.1) is 25.6 Å². The van der Waals surface area contributed by atoms with Gasteiger partial charge in [0.1, 0.15) is 10.8 Å². The highest BCUT2D eigenvalue weighted by atomic mass is 35.5. The second kappa shape index (κ2) is 12.1. The molecule has 1 saturated heterocycles. The fourth-order valence-corrected chi connectivity index (χ4v) is 4.68. The van der Waals surface area contributed by atoms with Crippen LogP contribution in [-0.2, 0) is 0 Å². The predicted octanol–water partition coefficient (Wildman–Crippen LogP) is 6.86. The first-order chi connectivity index (χ1) is 17.1. The van der Waals surface area contributed by atoms with Gasteiger partial charge in [0.25, 0.3) is 0 Å². The minimum Gasteiger partial charge on any atom is -0.406 e. The van der Waals surface area contributed by atoms with Crippen LogP contribution in [0.5, 0.6) is 5.75 Å². The third kappa shape index (κ3) is 7.32. The number of piperidine rings is 1. The SMILES string of the molecule is Cc1[nH]c(C)c(-c2ccc(C#CCN3CCC(c4ccc(OC(F)(F)F)cc4)CC3)cc2)c(=O)c1Cl.Cl. The Bertz CT molecular complexity index is 1330. The molecule has 0 bridgehead atoms. The normalized spacial score (nSPS) is 14.4. The summed E-state index contributed by atoms with van der Waals surface area (Å²) in [6.45, 7) is 6.01. The van der Waals surface area contributed by atoms with Crippen LogP contribution in [0.25, 0.3) is 11.1 Å². The van der Waals surface area contributed by atoms with Crippen molar-refractivity contribution in [1.29, 1.82) is 0 Å². The van der Waals surface area contributed by atoms with Crippen molar-refractivity contribution in [3.8, 4) is 28.7 Å². The van der Waals surface area contributed by atoms with Crippen molar-refractivity contribution in [3.63, 3.8) is 0 Å². The molecular weight excluding hydrogens is 524 g/mol. The molecular formula is C28H27Cl2F3N2O2. The largest absolute Gasteiger partial charge is 0.573 e. The molecule has 37 heavy (non-hydrogen) atoms. The van der Waals surface area contributed by atoms with Crippen molar-refractivity contribution < 1.29 is 17.9 Å². The van der Waals surface area contributed by atoms with Crippen LogP contribution < -0.4 is 10.2 Å². The Morgan fingerprint density at radius 1 is 1.03 bits per heavy atom. The molecule has 1 aromatic heterocycles. The number of hydrogen-bond donors (Lipinski definition) is 1. The van der Waals surface area contributed by atoms with E-state index >= 15 is 0 Å². The first kappa shape index (κ1) is 28.6. The molecule has 0 saturated carbocycles. The van der Waals surface area contributed by atoms with Gasteiger partial charge in [-0.1, -0.05) is 47.7 Å². The monoisotopic (exact) mass is 550 g/mol. The molecule has 1 N–H and O–H groups in total. The van der Waals surface area contributed by atoms with Gasteiger partial charge in [0, 0.05) is 22.5 Å². The number of ether oxygens (including phenoxy) is 1. The number of aryl methyl sites for hydroxylation is 2. The summed E-state index contributed by atoms with van der Waals surface area (Å²) in [5, 5.41) is 0.204. The first-order valence-electron chi connectivity index (χ1n) is 11.7. The summed E-state index contributed by atoms with van der Waals surface area (Å²) < 4.78 is 41.0. The maximum absolute atomic E-state index is 12.6. The van der Waals surface area contributed by atoms with Gasteiger partial charge in [-0.05, 0) is 81.1 Å². The summed E-state index contributed by atoms with van der Waals surface area (Å²) >= 11 is 6.14. The number of nitrogens with zero attached hydrogens (tertiary/aromatic N) is 1. The Morgan fingerprint density at radius 3 is 2.24 bits per heavy atom. The molecule has 3 aromatic rings. The molecule has 2 aromatic carbocycles. The van der Waals surface area contributed by atoms with Crippen molar-refractivity contribution in [3.05, 3.63) is 86.3 Å². The van der Waals surface area contributed by atoms with Crippen LogP contribution in [0.4, 0.5) is 13.2 Å². The van der Waals surface area contributed by atoms with Crippen molar-refractivity contribution in [1.82, 2.24) is 9.88 Å². The summed E-state index contributed by atoms with van der Waals surface area (Å²) in [6.07, 6.45) is -2.84. The van der Waals surface area contributed by atoms with E-state index < -0.39 is 6.36 Å². The Hall–Kier alpha value is -2.92. The van der Waals surface area contributed by atoms with Crippen LogP contribution >= 0.6 is 24.0 Å². The smallest absolute Gasteiger partial charge is 0.406 e. The van der Waals surface area contributed by atoms with E-state index in [1.165, 1.54) is 12.1 Å². The van der Waals surface area contributed by atoms with Crippen molar-refractivity contribution in [2.45, 2.75) is 39.0 Å². The second-order valence-corrected chi connectivity index (χ2v) is 9.32. The third-order valence-corrected chi connectivity index (χ3v) is 6.84. The fraction of sp³-hybridized carbons (Fsp3) is 0.321. The van der Waals surface area contributed by atoms with E-state index in [9.17, 15) is 18.0 Å². The van der Waals surface area contributed by atoms with E-state index in [0.29, 0.717) is 23.7 Å². The highest BCUT2D eigenvalue weighted by Gasteiger charge is 2.31. The molecule has 0 amide bonds. The number of aromatic amines is 1. The lowest BCUT2D eigenvalue weighted by Crippen LogP contribution is -2.33. The number of pyridine rings is 1. The lowest BCUT2D eigenvalue weighted by atomic mass is 9.89. The van der Waals surface area contributed by atoms with Crippen LogP contribution in [0.1, 0.15) is 41.3 Å². The van der Waals surface area contributed by atoms with Gasteiger partial charge in [-0.3, -0.25) is 9.69 Å². The van der Waals surface area contributed by atoms with Crippen LogP contribution in [0, 0.1) is 25.7 Å². The van der Waals surface area contributed by atoms with Crippen molar-refractivity contribution in [2.24, 2.45) is 0 Å². The minimum absolute atomic E-state index is 0.